The number of halogens is 1. The number of sulfone groups is 1. The maximum absolute atomic E-state index is 11.7. The first-order valence-electron chi connectivity index (χ1n) is 8.58. The molecule has 0 aliphatic heterocycles. The van der Waals surface area contributed by atoms with Crippen molar-refractivity contribution >= 4 is 39.8 Å². The standard InChI is InChI=1S/C18H27N3O2S.HI/c1-13-10-14(4-7-16(13)24(3,22)23)11-20-17(19-2)21-12-18(8-9-18)15-5-6-15;/h4,7,10,15H,5-6,8-9,11-12H2,1-3H3,(H2,19,20,21);1H. The molecule has 7 heteroatoms. The average molecular weight is 477 g/mol. The number of hydrogen-bond donors (Lipinski definition) is 2. The number of hydrogen-bond acceptors (Lipinski definition) is 3. The Labute approximate surface area is 168 Å². The van der Waals surface area contributed by atoms with Crippen LogP contribution in [0.3, 0.4) is 0 Å². The summed E-state index contributed by atoms with van der Waals surface area (Å²) in [7, 11) is -1.38. The van der Waals surface area contributed by atoms with Crippen LogP contribution in [-0.2, 0) is 16.4 Å². The van der Waals surface area contributed by atoms with E-state index in [0.717, 1.165) is 29.5 Å². The molecule has 1 aromatic rings. The number of nitrogens with zero attached hydrogens (tertiary/aromatic N) is 1. The van der Waals surface area contributed by atoms with E-state index in [0.29, 0.717) is 16.9 Å². The third-order valence-electron chi connectivity index (χ3n) is 5.27. The first-order chi connectivity index (χ1) is 11.3. The van der Waals surface area contributed by atoms with Gasteiger partial charge in [0, 0.05) is 26.4 Å². The molecule has 0 unspecified atom stereocenters. The zero-order valence-corrected chi connectivity index (χ0v) is 18.3. The molecule has 0 spiro atoms. The van der Waals surface area contributed by atoms with Crippen LogP contribution in [0.2, 0.25) is 0 Å². The molecule has 25 heavy (non-hydrogen) atoms. The van der Waals surface area contributed by atoms with Crippen molar-refractivity contribution in [3.05, 3.63) is 29.3 Å². The van der Waals surface area contributed by atoms with Gasteiger partial charge in [-0.25, -0.2) is 8.42 Å². The maximum Gasteiger partial charge on any atom is 0.191 e. The number of aliphatic imine (C=N–C) groups is 1. The normalized spacial score (nSPS) is 19.1. The number of benzene rings is 1. The van der Waals surface area contributed by atoms with E-state index in [1.807, 2.05) is 19.1 Å². The predicted molar refractivity (Wildman–Crippen MR) is 112 cm³/mol. The SMILES string of the molecule is CN=C(NCc1ccc(S(C)(=O)=O)c(C)c1)NCC1(C2CC2)CC1.I. The zero-order chi connectivity index (χ0) is 17.4. The molecule has 1 aromatic carbocycles. The minimum atomic E-state index is -3.16. The molecule has 0 amide bonds. The Bertz CT molecular complexity index is 754. The zero-order valence-electron chi connectivity index (χ0n) is 15.1. The van der Waals surface area contributed by atoms with Crippen molar-refractivity contribution < 1.29 is 8.42 Å². The van der Waals surface area contributed by atoms with Crippen LogP contribution in [0, 0.1) is 18.3 Å². The summed E-state index contributed by atoms with van der Waals surface area (Å²) in [6.07, 6.45) is 6.70. The molecule has 0 atom stereocenters. The van der Waals surface area contributed by atoms with Crippen LogP contribution in [0.25, 0.3) is 0 Å². The molecular weight excluding hydrogens is 449 g/mol. The van der Waals surface area contributed by atoms with Gasteiger partial charge in [0.1, 0.15) is 0 Å². The van der Waals surface area contributed by atoms with Crippen molar-refractivity contribution in [1.29, 1.82) is 0 Å². The van der Waals surface area contributed by atoms with Gasteiger partial charge in [0.05, 0.1) is 4.90 Å². The first-order valence-corrected chi connectivity index (χ1v) is 10.5. The number of aryl methyl sites for hydroxylation is 1. The van der Waals surface area contributed by atoms with E-state index in [4.69, 9.17) is 0 Å². The van der Waals surface area contributed by atoms with Crippen molar-refractivity contribution in [2.45, 2.75) is 44.0 Å². The molecule has 2 saturated carbocycles. The van der Waals surface area contributed by atoms with E-state index < -0.39 is 9.84 Å². The summed E-state index contributed by atoms with van der Waals surface area (Å²) in [5, 5.41) is 6.78. The van der Waals surface area contributed by atoms with Gasteiger partial charge in [-0.05, 0) is 61.1 Å². The van der Waals surface area contributed by atoms with Crippen LogP contribution in [0.15, 0.2) is 28.1 Å². The van der Waals surface area contributed by atoms with E-state index in [1.165, 1.54) is 31.9 Å². The third-order valence-corrected chi connectivity index (χ3v) is 6.52. The summed E-state index contributed by atoms with van der Waals surface area (Å²) in [5.74, 6) is 1.74. The lowest BCUT2D eigenvalue weighted by Gasteiger charge is -2.18. The fourth-order valence-electron chi connectivity index (χ4n) is 3.49. The Balaban J connectivity index is 0.00000225. The highest BCUT2D eigenvalue weighted by atomic mass is 127. The van der Waals surface area contributed by atoms with Crippen molar-refractivity contribution in [3.63, 3.8) is 0 Å². The number of guanidine groups is 1. The smallest absolute Gasteiger partial charge is 0.191 e. The lowest BCUT2D eigenvalue weighted by atomic mass is 10.0. The summed E-state index contributed by atoms with van der Waals surface area (Å²) in [4.78, 5) is 4.69. The second-order valence-electron chi connectivity index (χ2n) is 7.29. The molecule has 5 nitrogen and oxygen atoms in total. The van der Waals surface area contributed by atoms with Gasteiger partial charge in [-0.1, -0.05) is 12.1 Å². The minimum absolute atomic E-state index is 0. The summed E-state index contributed by atoms with van der Waals surface area (Å²) >= 11 is 0. The van der Waals surface area contributed by atoms with Gasteiger partial charge in [0.15, 0.2) is 15.8 Å². The van der Waals surface area contributed by atoms with Crippen LogP contribution in [0.5, 0.6) is 0 Å². The summed E-state index contributed by atoms with van der Waals surface area (Å²) in [6, 6.07) is 5.46. The van der Waals surface area contributed by atoms with Crippen LogP contribution < -0.4 is 10.6 Å². The second kappa shape index (κ2) is 7.82. The maximum atomic E-state index is 11.7. The molecule has 2 N–H and O–H groups in total. The lowest BCUT2D eigenvalue weighted by Crippen LogP contribution is -2.40. The molecule has 3 rings (SSSR count). The van der Waals surface area contributed by atoms with Crippen molar-refractivity contribution in [3.8, 4) is 0 Å². The van der Waals surface area contributed by atoms with Crippen LogP contribution in [-0.4, -0.2) is 34.2 Å². The fourth-order valence-corrected chi connectivity index (χ4v) is 4.45. The molecule has 0 aromatic heterocycles. The highest BCUT2D eigenvalue weighted by Crippen LogP contribution is 2.60. The fraction of sp³-hybridized carbons (Fsp3) is 0.611. The Hall–Kier alpha value is -0.830. The first kappa shape index (κ1) is 20.5. The highest BCUT2D eigenvalue weighted by molar-refractivity contribution is 14.0. The van der Waals surface area contributed by atoms with E-state index in [2.05, 4.69) is 15.6 Å². The monoisotopic (exact) mass is 477 g/mol. The van der Waals surface area contributed by atoms with Crippen molar-refractivity contribution in [1.82, 2.24) is 10.6 Å². The Kier molecular flexibility index (Phi) is 6.40. The second-order valence-corrected chi connectivity index (χ2v) is 9.27. The quantitative estimate of drug-likeness (QED) is 0.376. The summed E-state index contributed by atoms with van der Waals surface area (Å²) < 4.78 is 23.4. The molecule has 2 aliphatic rings. The van der Waals surface area contributed by atoms with Gasteiger partial charge in [-0.15, -0.1) is 24.0 Å². The average Bonchev–Trinajstić information content (AvgIpc) is 3.38. The van der Waals surface area contributed by atoms with Crippen LogP contribution >= 0.6 is 24.0 Å². The van der Waals surface area contributed by atoms with Crippen molar-refractivity contribution in [2.24, 2.45) is 16.3 Å². The third kappa shape index (κ3) is 5.09. The van der Waals surface area contributed by atoms with E-state index in [1.54, 1.807) is 13.1 Å². The van der Waals surface area contributed by atoms with Crippen LogP contribution in [0.4, 0.5) is 0 Å². The van der Waals surface area contributed by atoms with E-state index in [9.17, 15) is 8.42 Å². The molecule has 140 valence electrons. The number of rotatable bonds is 6. The summed E-state index contributed by atoms with van der Waals surface area (Å²) in [6.45, 7) is 3.46. The molecule has 2 aliphatic carbocycles. The van der Waals surface area contributed by atoms with Gasteiger partial charge in [-0.3, -0.25) is 4.99 Å². The van der Waals surface area contributed by atoms with E-state index in [-0.39, 0.29) is 24.0 Å². The topological polar surface area (TPSA) is 70.6 Å². The van der Waals surface area contributed by atoms with Gasteiger partial charge >= 0.3 is 0 Å². The predicted octanol–water partition coefficient (Wildman–Crippen LogP) is 2.87. The molecule has 2 fully saturated rings. The lowest BCUT2D eigenvalue weighted by molar-refractivity contribution is 0.431. The summed E-state index contributed by atoms with van der Waals surface area (Å²) in [5.41, 5.74) is 2.36. The Morgan fingerprint density at radius 2 is 1.96 bits per heavy atom. The molecule has 0 bridgehead atoms. The van der Waals surface area contributed by atoms with Crippen molar-refractivity contribution in [2.75, 3.05) is 19.8 Å². The molecule has 0 radical (unpaired) electrons. The molecule has 0 heterocycles. The Morgan fingerprint density at radius 1 is 1.28 bits per heavy atom. The largest absolute Gasteiger partial charge is 0.356 e. The van der Waals surface area contributed by atoms with E-state index >= 15 is 0 Å². The molecular formula is C18H28IN3O2S. The Morgan fingerprint density at radius 3 is 2.44 bits per heavy atom. The van der Waals surface area contributed by atoms with Gasteiger partial charge in [-0.2, -0.15) is 0 Å². The van der Waals surface area contributed by atoms with Crippen LogP contribution in [0.1, 0.15) is 36.8 Å². The van der Waals surface area contributed by atoms with Gasteiger partial charge < -0.3 is 10.6 Å². The highest BCUT2D eigenvalue weighted by Gasteiger charge is 2.53. The minimum Gasteiger partial charge on any atom is -0.356 e. The van der Waals surface area contributed by atoms with Gasteiger partial charge in [0.25, 0.3) is 0 Å². The van der Waals surface area contributed by atoms with Gasteiger partial charge in [0.2, 0.25) is 0 Å². The number of nitrogens with one attached hydrogen (secondary N) is 2. The molecule has 0 saturated heterocycles.